The van der Waals surface area contributed by atoms with Gasteiger partial charge in [-0.15, -0.1) is 0 Å². The molecule has 0 aromatic rings. The second-order valence-corrected chi connectivity index (χ2v) is 12.7. The smallest absolute Gasteiger partial charge is 0.313 e. The minimum Gasteiger partial charge on any atom is -0.465 e. The van der Waals surface area contributed by atoms with E-state index in [4.69, 9.17) is 9.47 Å². The third-order valence-electron chi connectivity index (χ3n) is 8.23. The summed E-state index contributed by atoms with van der Waals surface area (Å²) in [6, 6.07) is -1.56. The number of carbonyl (C=O) groups is 3. The molecule has 8 heteroatoms. The fourth-order valence-corrected chi connectivity index (χ4v) is 7.17. The maximum absolute atomic E-state index is 14.5. The quantitative estimate of drug-likeness (QED) is 0.459. The number of aliphatic hydroxyl groups excluding tert-OH is 1. The van der Waals surface area contributed by atoms with Crippen LogP contribution in [0.2, 0.25) is 0 Å². The average molecular weight is 503 g/mol. The Hall–Kier alpha value is -2.19. The Balaban J connectivity index is 1.88. The predicted octanol–water partition coefficient (Wildman–Crippen LogP) is 2.84. The van der Waals surface area contributed by atoms with Crippen LogP contribution in [0.3, 0.4) is 0 Å². The monoisotopic (exact) mass is 502 g/mol. The Bertz CT molecular complexity index is 977. The van der Waals surface area contributed by atoms with E-state index >= 15 is 0 Å². The molecule has 0 radical (unpaired) electrons. The van der Waals surface area contributed by atoms with Crippen molar-refractivity contribution in [1.82, 2.24) is 9.80 Å². The van der Waals surface area contributed by atoms with Crippen LogP contribution in [0.1, 0.15) is 67.7 Å². The lowest BCUT2D eigenvalue weighted by Crippen LogP contribution is -2.62. The van der Waals surface area contributed by atoms with Gasteiger partial charge in [-0.05, 0) is 45.4 Å². The Morgan fingerprint density at radius 1 is 1.08 bits per heavy atom. The lowest BCUT2D eigenvalue weighted by Gasteiger charge is -2.45. The van der Waals surface area contributed by atoms with Gasteiger partial charge in [-0.25, -0.2) is 0 Å². The summed E-state index contributed by atoms with van der Waals surface area (Å²) in [6.45, 7) is 14.5. The van der Waals surface area contributed by atoms with Gasteiger partial charge in [0.2, 0.25) is 11.8 Å². The minimum atomic E-state index is -1.34. The van der Waals surface area contributed by atoms with E-state index < -0.39 is 46.6 Å². The Morgan fingerprint density at radius 2 is 1.78 bits per heavy atom. The van der Waals surface area contributed by atoms with Crippen molar-refractivity contribution in [3.8, 4) is 0 Å². The zero-order chi connectivity index (χ0) is 26.7. The van der Waals surface area contributed by atoms with Crippen LogP contribution in [0.4, 0.5) is 0 Å². The zero-order valence-corrected chi connectivity index (χ0v) is 22.7. The number of ether oxygens (including phenoxy) is 2. The predicted molar refractivity (Wildman–Crippen MR) is 135 cm³/mol. The standard InChI is InChI=1S/C28H42N2O6/c1-8-18(16-31)30-21-23(33)29(26(5,6)17-25(2,3)4)14-11-13-28(21)19(22(30)32)20-24(34)35-15-10-9-12-27(20,7)36-28/h9,11-13,18-21,31H,8,10,14-17H2,1-7H3/t18-,19-,20-,21?,27+,28-/m0/s1. The summed E-state index contributed by atoms with van der Waals surface area (Å²) in [7, 11) is 0. The molecule has 0 aromatic carbocycles. The third-order valence-corrected chi connectivity index (χ3v) is 8.23. The summed E-state index contributed by atoms with van der Waals surface area (Å²) in [5.41, 5.74) is -2.96. The van der Waals surface area contributed by atoms with Crippen molar-refractivity contribution in [2.45, 2.75) is 96.6 Å². The van der Waals surface area contributed by atoms with Crippen molar-refractivity contribution in [2.24, 2.45) is 17.3 Å². The number of carbonyl (C=O) groups excluding carboxylic acids is 3. The number of fused-ring (bicyclic) bond motifs is 2. The molecule has 0 aromatic heterocycles. The van der Waals surface area contributed by atoms with E-state index in [1.54, 1.807) is 6.92 Å². The number of cyclic esters (lactones) is 1. The number of nitrogens with zero attached hydrogens (tertiary/aromatic N) is 2. The molecule has 36 heavy (non-hydrogen) atoms. The largest absolute Gasteiger partial charge is 0.465 e. The highest BCUT2D eigenvalue weighted by molar-refractivity contribution is 5.99. The zero-order valence-electron chi connectivity index (χ0n) is 22.7. The molecule has 6 atom stereocenters. The van der Waals surface area contributed by atoms with Crippen molar-refractivity contribution < 1.29 is 29.0 Å². The molecule has 4 aliphatic heterocycles. The molecule has 2 saturated heterocycles. The van der Waals surface area contributed by atoms with Crippen LogP contribution in [0.25, 0.3) is 0 Å². The Morgan fingerprint density at radius 3 is 2.39 bits per heavy atom. The molecule has 0 aliphatic carbocycles. The summed E-state index contributed by atoms with van der Waals surface area (Å²) < 4.78 is 12.3. The van der Waals surface area contributed by atoms with Crippen molar-refractivity contribution in [1.29, 1.82) is 0 Å². The normalized spacial score (nSPS) is 35.6. The lowest BCUT2D eigenvalue weighted by molar-refractivity contribution is -0.163. The van der Waals surface area contributed by atoms with Crippen LogP contribution >= 0.6 is 0 Å². The number of likely N-dealkylation sites (tertiary alicyclic amines) is 1. The first-order valence-corrected chi connectivity index (χ1v) is 13.2. The molecular formula is C28H42N2O6. The molecule has 0 saturated carbocycles. The molecule has 4 aliphatic rings. The van der Waals surface area contributed by atoms with Gasteiger partial charge in [0.25, 0.3) is 0 Å². The van der Waals surface area contributed by atoms with Gasteiger partial charge >= 0.3 is 5.97 Å². The molecular weight excluding hydrogens is 460 g/mol. The maximum atomic E-state index is 14.5. The van der Waals surface area contributed by atoms with E-state index in [0.717, 1.165) is 6.42 Å². The summed E-state index contributed by atoms with van der Waals surface area (Å²) in [6.07, 6.45) is 9.30. The first-order valence-electron chi connectivity index (χ1n) is 13.2. The molecule has 8 nitrogen and oxygen atoms in total. The molecule has 1 N–H and O–H groups in total. The average Bonchev–Trinajstić information content (AvgIpc) is 3.06. The van der Waals surface area contributed by atoms with Gasteiger partial charge < -0.3 is 24.4 Å². The van der Waals surface area contributed by atoms with Crippen molar-refractivity contribution in [3.63, 3.8) is 0 Å². The molecule has 1 spiro atoms. The fourth-order valence-electron chi connectivity index (χ4n) is 7.17. The maximum Gasteiger partial charge on any atom is 0.313 e. The molecule has 2 amide bonds. The van der Waals surface area contributed by atoms with Gasteiger partial charge in [0, 0.05) is 12.1 Å². The van der Waals surface area contributed by atoms with Crippen LogP contribution in [0.5, 0.6) is 0 Å². The second kappa shape index (κ2) is 8.98. The van der Waals surface area contributed by atoms with E-state index in [1.807, 2.05) is 36.1 Å². The van der Waals surface area contributed by atoms with Gasteiger partial charge in [0.05, 0.1) is 30.8 Å². The summed E-state index contributed by atoms with van der Waals surface area (Å²) in [5, 5.41) is 10.2. The van der Waals surface area contributed by atoms with Gasteiger partial charge in [-0.3, -0.25) is 14.4 Å². The van der Waals surface area contributed by atoms with E-state index in [0.29, 0.717) is 19.4 Å². The minimum absolute atomic E-state index is 0.0282. The topological polar surface area (TPSA) is 96.4 Å². The van der Waals surface area contributed by atoms with E-state index in [-0.39, 0.29) is 30.4 Å². The number of rotatable bonds is 5. The van der Waals surface area contributed by atoms with Crippen LogP contribution in [0.15, 0.2) is 24.3 Å². The van der Waals surface area contributed by atoms with Gasteiger partial charge in [0.15, 0.2) is 0 Å². The van der Waals surface area contributed by atoms with Crippen molar-refractivity contribution >= 4 is 17.8 Å². The van der Waals surface area contributed by atoms with Crippen molar-refractivity contribution in [3.05, 3.63) is 24.3 Å². The van der Waals surface area contributed by atoms with Gasteiger partial charge in [0.1, 0.15) is 17.6 Å². The number of esters is 1. The van der Waals surface area contributed by atoms with Crippen LogP contribution < -0.4 is 0 Å². The first kappa shape index (κ1) is 26.9. The summed E-state index contributed by atoms with van der Waals surface area (Å²) in [4.78, 5) is 45.3. The lowest BCUT2D eigenvalue weighted by atomic mass is 9.74. The van der Waals surface area contributed by atoms with E-state index in [9.17, 15) is 19.5 Å². The SMILES string of the molecule is CC[C@@H](CO)N1C(=O)[C@@H]2[C@H]3C(=O)OCCC=C[C@@]3(C)O[C@@]23C=CCN(C(C)(C)CC(C)(C)C)C(=O)C13. The molecule has 1 unspecified atom stereocenters. The third kappa shape index (κ3) is 4.10. The Labute approximate surface area is 214 Å². The fraction of sp³-hybridized carbons (Fsp3) is 0.750. The molecule has 4 rings (SSSR count). The number of hydrogen-bond donors (Lipinski definition) is 1. The van der Waals surface area contributed by atoms with E-state index in [2.05, 4.69) is 34.6 Å². The second-order valence-electron chi connectivity index (χ2n) is 12.7. The van der Waals surface area contributed by atoms with Crippen LogP contribution in [-0.4, -0.2) is 81.3 Å². The number of hydrogen-bond acceptors (Lipinski definition) is 6. The number of aliphatic hydroxyl groups is 1. The van der Waals surface area contributed by atoms with Gasteiger partial charge in [-0.1, -0.05) is 52.0 Å². The van der Waals surface area contributed by atoms with Gasteiger partial charge in [-0.2, -0.15) is 0 Å². The molecule has 2 fully saturated rings. The van der Waals surface area contributed by atoms with Crippen LogP contribution in [-0.2, 0) is 23.9 Å². The number of amides is 2. The highest BCUT2D eigenvalue weighted by Crippen LogP contribution is 2.58. The van der Waals surface area contributed by atoms with Crippen molar-refractivity contribution in [2.75, 3.05) is 19.8 Å². The Kier molecular flexibility index (Phi) is 6.70. The van der Waals surface area contributed by atoms with Crippen LogP contribution in [0, 0.1) is 17.3 Å². The highest BCUT2D eigenvalue weighted by atomic mass is 16.6. The van der Waals surface area contributed by atoms with E-state index in [1.165, 1.54) is 4.90 Å². The molecule has 200 valence electrons. The summed E-state index contributed by atoms with van der Waals surface area (Å²) in [5.74, 6) is -2.85. The first-order chi connectivity index (χ1) is 16.7. The molecule has 4 heterocycles. The summed E-state index contributed by atoms with van der Waals surface area (Å²) >= 11 is 0. The molecule has 0 bridgehead atoms. The highest BCUT2D eigenvalue weighted by Gasteiger charge is 2.75.